The summed E-state index contributed by atoms with van der Waals surface area (Å²) < 4.78 is 6.67. The van der Waals surface area contributed by atoms with E-state index in [9.17, 15) is 4.79 Å². The second-order valence-electron chi connectivity index (χ2n) is 6.15. The number of halogens is 1. The molecule has 1 heterocycles. The fourth-order valence-corrected chi connectivity index (χ4v) is 3.46. The molecule has 4 nitrogen and oxygen atoms in total. The molecule has 5 heteroatoms. The van der Waals surface area contributed by atoms with Gasteiger partial charge in [0.25, 0.3) is 5.91 Å². The number of nitrogens with one attached hydrogen (secondary N) is 1. The van der Waals surface area contributed by atoms with Crippen molar-refractivity contribution in [2.45, 2.75) is 20.8 Å². The molecule has 3 N–H and O–H groups in total. The monoisotopic (exact) mass is 398 g/mol. The van der Waals surface area contributed by atoms with Gasteiger partial charge in [-0.1, -0.05) is 28.1 Å². The number of hydrogen-bond acceptors (Lipinski definition) is 3. The molecule has 25 heavy (non-hydrogen) atoms. The number of hydrogen-bond donors (Lipinski definition) is 2. The zero-order valence-electron chi connectivity index (χ0n) is 14.3. The van der Waals surface area contributed by atoms with Gasteiger partial charge in [-0.2, -0.15) is 0 Å². The van der Waals surface area contributed by atoms with E-state index in [1.165, 1.54) is 0 Å². The third-order valence-electron chi connectivity index (χ3n) is 3.97. The van der Waals surface area contributed by atoms with E-state index >= 15 is 0 Å². The van der Waals surface area contributed by atoms with E-state index in [-0.39, 0.29) is 11.7 Å². The Kier molecular flexibility index (Phi) is 4.68. The average molecular weight is 399 g/mol. The Morgan fingerprint density at radius 1 is 1.04 bits per heavy atom. The van der Waals surface area contributed by atoms with Crippen LogP contribution in [0.4, 0.5) is 11.4 Å². The van der Waals surface area contributed by atoms with Crippen LogP contribution in [0.5, 0.6) is 0 Å². The molecule has 0 aliphatic rings. The lowest BCUT2D eigenvalue weighted by Crippen LogP contribution is -2.13. The number of carbonyl (C=O) groups excluding carboxylic acids is 1. The van der Waals surface area contributed by atoms with Gasteiger partial charge in [0, 0.05) is 10.0 Å². The topological polar surface area (TPSA) is 68.3 Å². The first kappa shape index (κ1) is 17.3. The summed E-state index contributed by atoms with van der Waals surface area (Å²) in [4.78, 5) is 12.5. The van der Waals surface area contributed by atoms with Gasteiger partial charge >= 0.3 is 0 Å². The molecule has 0 saturated carbocycles. The van der Waals surface area contributed by atoms with Gasteiger partial charge in [0.15, 0.2) is 5.76 Å². The summed E-state index contributed by atoms with van der Waals surface area (Å²) >= 11 is 3.53. The first-order chi connectivity index (χ1) is 11.8. The maximum absolute atomic E-state index is 12.5. The Morgan fingerprint density at radius 3 is 2.48 bits per heavy atom. The molecule has 0 bridgehead atoms. The molecule has 0 spiro atoms. The lowest BCUT2D eigenvalue weighted by Gasteiger charge is -2.11. The van der Waals surface area contributed by atoms with Crippen molar-refractivity contribution in [3.63, 3.8) is 0 Å². The van der Waals surface area contributed by atoms with E-state index in [0.29, 0.717) is 17.1 Å². The third-order valence-corrected chi connectivity index (χ3v) is 4.62. The summed E-state index contributed by atoms with van der Waals surface area (Å²) in [5.41, 5.74) is 11.2. The van der Waals surface area contributed by atoms with E-state index < -0.39 is 0 Å². The minimum Gasteiger partial charge on any atom is -0.451 e. The highest BCUT2D eigenvalue weighted by molar-refractivity contribution is 9.10. The molecule has 128 valence electrons. The van der Waals surface area contributed by atoms with Crippen LogP contribution in [0, 0.1) is 20.8 Å². The zero-order chi connectivity index (χ0) is 18.1. The zero-order valence-corrected chi connectivity index (χ0v) is 15.9. The van der Waals surface area contributed by atoms with E-state index in [0.717, 1.165) is 26.7 Å². The molecule has 0 fully saturated rings. The highest BCUT2D eigenvalue weighted by Crippen LogP contribution is 2.31. The van der Waals surface area contributed by atoms with Gasteiger partial charge in [0.05, 0.1) is 11.4 Å². The minimum absolute atomic E-state index is 0.238. The lowest BCUT2D eigenvalue weighted by atomic mass is 10.1. The fraction of sp³-hybridized carbons (Fsp3) is 0.150. The van der Waals surface area contributed by atoms with Gasteiger partial charge in [-0.3, -0.25) is 4.79 Å². The second-order valence-corrected chi connectivity index (χ2v) is 7.00. The number of benzene rings is 2. The summed E-state index contributed by atoms with van der Waals surface area (Å²) in [5.74, 6) is 0.542. The van der Waals surface area contributed by atoms with Crippen molar-refractivity contribution in [2.24, 2.45) is 0 Å². The first-order valence-corrected chi connectivity index (χ1v) is 8.69. The van der Waals surface area contributed by atoms with E-state index in [4.69, 9.17) is 10.2 Å². The van der Waals surface area contributed by atoms with Crippen LogP contribution in [-0.2, 0) is 0 Å². The summed E-state index contributed by atoms with van der Waals surface area (Å²) in [6.07, 6.45) is 0. The van der Waals surface area contributed by atoms with Crippen LogP contribution in [0.2, 0.25) is 0 Å². The van der Waals surface area contributed by atoms with Crippen molar-refractivity contribution in [2.75, 3.05) is 11.1 Å². The van der Waals surface area contributed by atoms with Crippen LogP contribution < -0.4 is 11.1 Å². The number of carbonyl (C=O) groups is 1. The molecular formula is C20H19BrN2O2. The standard InChI is InChI=1S/C20H19BrN2O2/c1-11-4-5-14(15(21)9-11)17-6-7-18(25-17)20(24)23-19-13(3)8-12(2)10-16(19)22/h4-10H,22H2,1-3H3,(H,23,24). The number of rotatable bonds is 3. The lowest BCUT2D eigenvalue weighted by molar-refractivity contribution is 0.0997. The summed E-state index contributed by atoms with van der Waals surface area (Å²) in [6, 6.07) is 13.2. The molecule has 3 rings (SSSR count). The third kappa shape index (κ3) is 3.61. The van der Waals surface area contributed by atoms with E-state index in [2.05, 4.69) is 21.2 Å². The van der Waals surface area contributed by atoms with Crippen LogP contribution in [0.3, 0.4) is 0 Å². The Morgan fingerprint density at radius 2 is 1.80 bits per heavy atom. The number of nitrogens with two attached hydrogens (primary N) is 1. The number of aryl methyl sites for hydroxylation is 3. The SMILES string of the molecule is Cc1cc(C)c(NC(=O)c2ccc(-c3ccc(C)cc3Br)o2)c(N)c1. The van der Waals surface area contributed by atoms with E-state index in [1.54, 1.807) is 12.1 Å². The van der Waals surface area contributed by atoms with Crippen molar-refractivity contribution in [3.8, 4) is 11.3 Å². The van der Waals surface area contributed by atoms with Gasteiger partial charge < -0.3 is 15.5 Å². The number of amides is 1. The molecule has 0 saturated heterocycles. The smallest absolute Gasteiger partial charge is 0.291 e. The quantitative estimate of drug-likeness (QED) is 0.574. The summed E-state index contributed by atoms with van der Waals surface area (Å²) in [5, 5.41) is 2.84. The van der Waals surface area contributed by atoms with Gasteiger partial charge in [-0.25, -0.2) is 0 Å². The fourth-order valence-electron chi connectivity index (χ4n) is 2.77. The van der Waals surface area contributed by atoms with Gasteiger partial charge in [0.2, 0.25) is 0 Å². The average Bonchev–Trinajstić information content (AvgIpc) is 3.00. The maximum atomic E-state index is 12.5. The molecule has 0 aliphatic carbocycles. The Labute approximate surface area is 155 Å². The number of anilines is 2. The second kappa shape index (κ2) is 6.76. The predicted molar refractivity (Wildman–Crippen MR) is 105 cm³/mol. The van der Waals surface area contributed by atoms with E-state index in [1.807, 2.05) is 51.1 Å². The predicted octanol–water partition coefficient (Wildman–Crippen LogP) is 5.47. The van der Waals surface area contributed by atoms with Crippen molar-refractivity contribution >= 4 is 33.2 Å². The minimum atomic E-state index is -0.326. The van der Waals surface area contributed by atoms with Gasteiger partial charge in [-0.05, 0) is 67.8 Å². The van der Waals surface area contributed by atoms with Crippen LogP contribution >= 0.6 is 15.9 Å². The Hall–Kier alpha value is -2.53. The van der Waals surface area contributed by atoms with Gasteiger partial charge in [-0.15, -0.1) is 0 Å². The first-order valence-electron chi connectivity index (χ1n) is 7.89. The highest BCUT2D eigenvalue weighted by Gasteiger charge is 2.16. The molecule has 3 aromatic rings. The normalized spacial score (nSPS) is 10.7. The van der Waals surface area contributed by atoms with Crippen LogP contribution in [0.25, 0.3) is 11.3 Å². The van der Waals surface area contributed by atoms with Crippen LogP contribution in [0.15, 0.2) is 51.4 Å². The molecule has 2 aromatic carbocycles. The summed E-state index contributed by atoms with van der Waals surface area (Å²) in [6.45, 7) is 5.90. The molecular weight excluding hydrogens is 380 g/mol. The Bertz CT molecular complexity index is 937. The highest BCUT2D eigenvalue weighted by atomic mass is 79.9. The molecule has 0 atom stereocenters. The van der Waals surface area contributed by atoms with Crippen molar-refractivity contribution < 1.29 is 9.21 Å². The molecule has 0 unspecified atom stereocenters. The van der Waals surface area contributed by atoms with Crippen molar-refractivity contribution in [1.82, 2.24) is 0 Å². The molecule has 1 aromatic heterocycles. The largest absolute Gasteiger partial charge is 0.451 e. The number of furan rings is 1. The van der Waals surface area contributed by atoms with Crippen LogP contribution in [-0.4, -0.2) is 5.91 Å². The molecule has 1 amide bonds. The summed E-state index contributed by atoms with van der Waals surface area (Å²) in [7, 11) is 0. The Balaban J connectivity index is 1.86. The molecule has 0 radical (unpaired) electrons. The van der Waals surface area contributed by atoms with Crippen LogP contribution in [0.1, 0.15) is 27.2 Å². The number of nitrogen functional groups attached to an aromatic ring is 1. The molecule has 0 aliphatic heterocycles. The van der Waals surface area contributed by atoms with Gasteiger partial charge in [0.1, 0.15) is 5.76 Å². The van der Waals surface area contributed by atoms with Crippen molar-refractivity contribution in [1.29, 1.82) is 0 Å². The van der Waals surface area contributed by atoms with Crippen molar-refractivity contribution in [3.05, 3.63) is 69.4 Å². The maximum Gasteiger partial charge on any atom is 0.291 e.